The first-order valence-electron chi connectivity index (χ1n) is 11.5. The number of carbonyl (C=O) groups excluding carboxylic acids is 1. The smallest absolute Gasteiger partial charge is 0.287 e. The van der Waals surface area contributed by atoms with Gasteiger partial charge in [0.25, 0.3) is 5.91 Å². The Balaban J connectivity index is 1.48. The van der Waals surface area contributed by atoms with Crippen molar-refractivity contribution in [3.63, 3.8) is 0 Å². The Morgan fingerprint density at radius 1 is 1.00 bits per heavy atom. The quantitative estimate of drug-likeness (QED) is 0.512. The molecular weight excluding hydrogens is 452 g/mol. The molecule has 2 aromatic carbocycles. The number of carbonyl (C=O) groups is 1. The van der Waals surface area contributed by atoms with Gasteiger partial charge in [0.2, 0.25) is 14.9 Å². The lowest BCUT2D eigenvalue weighted by atomic mass is 10.0. The summed E-state index contributed by atoms with van der Waals surface area (Å²) in [6.07, 6.45) is 3.46. The molecular formula is C26H30N2O5S. The van der Waals surface area contributed by atoms with E-state index in [4.69, 9.17) is 9.15 Å². The number of ether oxygens (including phenoxy) is 1. The number of furan rings is 1. The van der Waals surface area contributed by atoms with Crippen LogP contribution in [0.4, 0.5) is 0 Å². The number of hydrogen-bond acceptors (Lipinski definition) is 6. The number of amides is 1. The average Bonchev–Trinajstić information content (AvgIpc) is 3.37. The molecule has 3 aromatic rings. The number of benzene rings is 2. The van der Waals surface area contributed by atoms with Crippen LogP contribution in [-0.2, 0) is 9.84 Å². The van der Waals surface area contributed by atoms with Crippen LogP contribution in [0.2, 0.25) is 0 Å². The van der Waals surface area contributed by atoms with Crippen LogP contribution in [-0.4, -0.2) is 46.0 Å². The zero-order chi connectivity index (χ0) is 24.1. The normalized spacial score (nSPS) is 15.6. The second-order valence-corrected chi connectivity index (χ2v) is 10.4. The topological polar surface area (TPSA) is 88.8 Å². The van der Waals surface area contributed by atoms with E-state index in [-0.39, 0.29) is 21.8 Å². The Kier molecular flexibility index (Phi) is 7.38. The van der Waals surface area contributed by atoms with E-state index < -0.39 is 15.7 Å². The van der Waals surface area contributed by atoms with Crippen molar-refractivity contribution in [2.75, 3.05) is 26.7 Å². The van der Waals surface area contributed by atoms with Gasteiger partial charge in [-0.2, -0.15) is 0 Å². The second-order valence-electron chi connectivity index (χ2n) is 8.53. The number of piperidine rings is 1. The molecule has 180 valence electrons. The van der Waals surface area contributed by atoms with Crippen LogP contribution >= 0.6 is 0 Å². The van der Waals surface area contributed by atoms with Crippen LogP contribution in [0.15, 0.2) is 75.1 Å². The van der Waals surface area contributed by atoms with Crippen LogP contribution in [0.3, 0.4) is 0 Å². The molecule has 1 fully saturated rings. The van der Waals surface area contributed by atoms with Crippen molar-refractivity contribution in [1.29, 1.82) is 0 Å². The Labute approximate surface area is 200 Å². The monoisotopic (exact) mass is 482 g/mol. The van der Waals surface area contributed by atoms with Crippen molar-refractivity contribution in [1.82, 2.24) is 10.2 Å². The number of aryl methyl sites for hydroxylation is 1. The van der Waals surface area contributed by atoms with Crippen molar-refractivity contribution in [2.45, 2.75) is 42.2 Å². The molecule has 0 spiro atoms. The molecule has 1 aliphatic rings. The molecule has 0 saturated carbocycles. The highest BCUT2D eigenvalue weighted by molar-refractivity contribution is 7.91. The zero-order valence-electron chi connectivity index (χ0n) is 19.5. The summed E-state index contributed by atoms with van der Waals surface area (Å²) in [6, 6.07) is 17.1. The fraction of sp³-hybridized carbons (Fsp3) is 0.346. The molecule has 0 radical (unpaired) electrons. The predicted molar refractivity (Wildman–Crippen MR) is 129 cm³/mol. The summed E-state index contributed by atoms with van der Waals surface area (Å²) >= 11 is 0. The van der Waals surface area contributed by atoms with E-state index in [0.29, 0.717) is 6.54 Å². The summed E-state index contributed by atoms with van der Waals surface area (Å²) < 4.78 is 36.4. The van der Waals surface area contributed by atoms with E-state index in [1.54, 1.807) is 19.2 Å². The minimum atomic E-state index is -3.83. The minimum absolute atomic E-state index is 0.000815. The number of nitrogens with one attached hydrogen (secondary N) is 1. The Morgan fingerprint density at radius 3 is 2.32 bits per heavy atom. The Bertz CT molecular complexity index is 1210. The van der Waals surface area contributed by atoms with E-state index in [2.05, 4.69) is 10.2 Å². The SMILES string of the molecule is COc1ccc(C(CNC(=O)c2ccc(S(=O)(=O)c3ccc(C)cc3)o2)N2CCCCC2)cc1. The molecule has 1 atom stereocenters. The highest BCUT2D eigenvalue weighted by atomic mass is 32.2. The third-order valence-electron chi connectivity index (χ3n) is 6.19. The molecule has 8 heteroatoms. The molecule has 1 aromatic heterocycles. The number of likely N-dealkylation sites (tertiary alicyclic amines) is 1. The summed E-state index contributed by atoms with van der Waals surface area (Å²) in [4.78, 5) is 15.4. The third kappa shape index (κ3) is 5.34. The van der Waals surface area contributed by atoms with Gasteiger partial charge in [-0.15, -0.1) is 0 Å². The molecule has 4 rings (SSSR count). The standard InChI is InChI=1S/C26H30N2O5S/c1-19-6-12-22(13-7-19)34(30,31)25-15-14-24(33-25)26(29)27-18-23(28-16-4-3-5-17-28)20-8-10-21(32-2)11-9-20/h6-15,23H,3-5,16-18H2,1-2H3,(H,27,29). The summed E-state index contributed by atoms with van der Waals surface area (Å²) in [6.45, 7) is 4.19. The van der Waals surface area contributed by atoms with E-state index in [0.717, 1.165) is 42.8 Å². The first-order valence-corrected chi connectivity index (χ1v) is 12.9. The van der Waals surface area contributed by atoms with E-state index >= 15 is 0 Å². The lowest BCUT2D eigenvalue weighted by Crippen LogP contribution is -2.40. The van der Waals surface area contributed by atoms with Crippen LogP contribution in [0.25, 0.3) is 0 Å². The van der Waals surface area contributed by atoms with Crippen molar-refractivity contribution >= 4 is 15.7 Å². The highest BCUT2D eigenvalue weighted by Gasteiger charge is 2.26. The largest absolute Gasteiger partial charge is 0.497 e. The molecule has 34 heavy (non-hydrogen) atoms. The maximum absolute atomic E-state index is 12.8. The summed E-state index contributed by atoms with van der Waals surface area (Å²) in [5.41, 5.74) is 2.05. The molecule has 1 saturated heterocycles. The molecule has 1 unspecified atom stereocenters. The molecule has 0 aliphatic carbocycles. The van der Waals surface area contributed by atoms with Gasteiger partial charge in [-0.3, -0.25) is 9.69 Å². The van der Waals surface area contributed by atoms with Crippen molar-refractivity contribution in [3.8, 4) is 5.75 Å². The fourth-order valence-electron chi connectivity index (χ4n) is 4.21. The van der Waals surface area contributed by atoms with Crippen molar-refractivity contribution < 1.29 is 22.4 Å². The first kappa shape index (κ1) is 24.0. The van der Waals surface area contributed by atoms with E-state index in [1.165, 1.54) is 30.7 Å². The van der Waals surface area contributed by atoms with E-state index in [9.17, 15) is 13.2 Å². The van der Waals surface area contributed by atoms with Crippen LogP contribution < -0.4 is 10.1 Å². The number of sulfone groups is 1. The average molecular weight is 483 g/mol. The molecule has 0 bridgehead atoms. The van der Waals surface area contributed by atoms with Gasteiger partial charge in [-0.1, -0.05) is 36.2 Å². The molecule has 1 amide bonds. The first-order chi connectivity index (χ1) is 16.4. The number of hydrogen-bond donors (Lipinski definition) is 1. The maximum Gasteiger partial charge on any atom is 0.287 e. The van der Waals surface area contributed by atoms with Gasteiger partial charge >= 0.3 is 0 Å². The second kappa shape index (κ2) is 10.4. The van der Waals surface area contributed by atoms with Gasteiger partial charge in [0.1, 0.15) is 5.75 Å². The maximum atomic E-state index is 12.8. The molecule has 1 aliphatic heterocycles. The van der Waals surface area contributed by atoms with Crippen molar-refractivity contribution in [2.24, 2.45) is 0 Å². The fourth-order valence-corrected chi connectivity index (χ4v) is 5.38. The molecule has 2 heterocycles. The van der Waals surface area contributed by atoms with Gasteiger partial charge in [0, 0.05) is 6.54 Å². The molecule has 7 nitrogen and oxygen atoms in total. The molecule has 1 N–H and O–H groups in total. The number of nitrogens with zero attached hydrogens (tertiary/aromatic N) is 1. The van der Waals surface area contributed by atoms with Gasteiger partial charge in [-0.25, -0.2) is 8.42 Å². The van der Waals surface area contributed by atoms with Crippen LogP contribution in [0, 0.1) is 6.92 Å². The predicted octanol–water partition coefficient (Wildman–Crippen LogP) is 4.39. The van der Waals surface area contributed by atoms with Gasteiger partial charge in [0.05, 0.1) is 18.0 Å². The summed E-state index contributed by atoms with van der Waals surface area (Å²) in [7, 11) is -2.20. The lowest BCUT2D eigenvalue weighted by molar-refractivity contribution is 0.0892. The van der Waals surface area contributed by atoms with Crippen molar-refractivity contribution in [3.05, 3.63) is 77.6 Å². The Morgan fingerprint density at radius 2 is 1.68 bits per heavy atom. The van der Waals surface area contributed by atoms with Gasteiger partial charge < -0.3 is 14.5 Å². The number of rotatable bonds is 8. The lowest BCUT2D eigenvalue weighted by Gasteiger charge is -2.35. The third-order valence-corrected chi connectivity index (χ3v) is 7.83. The van der Waals surface area contributed by atoms with Crippen LogP contribution in [0.1, 0.15) is 47.0 Å². The minimum Gasteiger partial charge on any atom is -0.497 e. The van der Waals surface area contributed by atoms with Crippen LogP contribution in [0.5, 0.6) is 5.75 Å². The highest BCUT2D eigenvalue weighted by Crippen LogP contribution is 2.27. The summed E-state index contributed by atoms with van der Waals surface area (Å²) in [5.74, 6) is 0.307. The van der Waals surface area contributed by atoms with Gasteiger partial charge in [0.15, 0.2) is 5.76 Å². The summed E-state index contributed by atoms with van der Waals surface area (Å²) in [5, 5.41) is 2.69. The zero-order valence-corrected chi connectivity index (χ0v) is 20.3. The van der Waals surface area contributed by atoms with Gasteiger partial charge in [-0.05, 0) is 74.8 Å². The van der Waals surface area contributed by atoms with E-state index in [1.807, 2.05) is 31.2 Å². The Hall–Kier alpha value is -3.10. The number of methoxy groups -OCH3 is 1.